The Bertz CT molecular complexity index is 483. The first-order valence-electron chi connectivity index (χ1n) is 3.95. The lowest BCUT2D eigenvalue weighted by Crippen LogP contribution is -2.32. The van der Waals surface area contributed by atoms with Crippen molar-refractivity contribution in [1.82, 2.24) is 0 Å². The van der Waals surface area contributed by atoms with Gasteiger partial charge >= 0.3 is 7.12 Å². The molecule has 0 radical (unpaired) electrons. The summed E-state index contributed by atoms with van der Waals surface area (Å²) in [6.45, 7) is 0. The Balaban J connectivity index is 2.74. The van der Waals surface area contributed by atoms with Crippen LogP contribution in [0.3, 0.4) is 0 Å². The van der Waals surface area contributed by atoms with Gasteiger partial charge in [-0.05, 0) is 6.07 Å². The van der Waals surface area contributed by atoms with Gasteiger partial charge in [0.05, 0.1) is 0 Å². The predicted octanol–water partition coefficient (Wildman–Crippen LogP) is 0.452. The summed E-state index contributed by atoms with van der Waals surface area (Å²) in [7, 11) is -1.54. The molecule has 1 aromatic carbocycles. The standard InChI is InChI=1S/C8H8BNO2S2/c10-6-2-8-4(7(13)3-14-8)1-5(6)9(11)12/h1-3,11-13H,10H2. The van der Waals surface area contributed by atoms with E-state index in [0.717, 1.165) is 15.0 Å². The summed E-state index contributed by atoms with van der Waals surface area (Å²) >= 11 is 5.79. The smallest absolute Gasteiger partial charge is 0.423 e. The lowest BCUT2D eigenvalue weighted by Gasteiger charge is -2.04. The number of thiophene rings is 1. The molecule has 0 amide bonds. The fraction of sp³-hybridized carbons (Fsp3) is 0. The molecule has 0 aliphatic heterocycles. The molecule has 0 atom stereocenters. The second kappa shape index (κ2) is 3.47. The third kappa shape index (κ3) is 1.50. The first-order valence-corrected chi connectivity index (χ1v) is 5.28. The van der Waals surface area contributed by atoms with Gasteiger partial charge in [-0.15, -0.1) is 24.0 Å². The summed E-state index contributed by atoms with van der Waals surface area (Å²) < 4.78 is 0.997. The van der Waals surface area contributed by atoms with Crippen LogP contribution in [0.15, 0.2) is 22.4 Å². The van der Waals surface area contributed by atoms with E-state index in [4.69, 9.17) is 15.8 Å². The van der Waals surface area contributed by atoms with Gasteiger partial charge in [-0.3, -0.25) is 0 Å². The number of nitrogen functional groups attached to an aromatic ring is 1. The third-order valence-corrected chi connectivity index (χ3v) is 3.53. The fourth-order valence-electron chi connectivity index (χ4n) is 1.32. The van der Waals surface area contributed by atoms with Gasteiger partial charge in [-0.25, -0.2) is 0 Å². The normalized spacial score (nSPS) is 10.8. The van der Waals surface area contributed by atoms with Crippen molar-refractivity contribution >= 4 is 52.3 Å². The summed E-state index contributed by atoms with van der Waals surface area (Å²) in [5.74, 6) is 0. The van der Waals surface area contributed by atoms with E-state index in [2.05, 4.69) is 12.6 Å². The second-order valence-electron chi connectivity index (χ2n) is 2.97. The molecule has 0 spiro atoms. The molecule has 2 rings (SSSR count). The second-order valence-corrected chi connectivity index (χ2v) is 4.36. The van der Waals surface area contributed by atoms with Crippen molar-refractivity contribution in [2.75, 3.05) is 5.73 Å². The van der Waals surface area contributed by atoms with Gasteiger partial charge in [0.2, 0.25) is 0 Å². The van der Waals surface area contributed by atoms with E-state index in [1.54, 1.807) is 12.1 Å². The maximum Gasteiger partial charge on any atom is 0.490 e. The Morgan fingerprint density at radius 2 is 2.07 bits per heavy atom. The largest absolute Gasteiger partial charge is 0.490 e. The molecule has 0 aliphatic carbocycles. The molecule has 1 aromatic heterocycles. The van der Waals surface area contributed by atoms with Crippen LogP contribution in [-0.2, 0) is 0 Å². The van der Waals surface area contributed by atoms with Crippen LogP contribution >= 0.6 is 24.0 Å². The number of hydrogen-bond acceptors (Lipinski definition) is 5. The molecular weight excluding hydrogens is 217 g/mol. The van der Waals surface area contributed by atoms with E-state index < -0.39 is 7.12 Å². The number of rotatable bonds is 1. The van der Waals surface area contributed by atoms with E-state index in [0.29, 0.717) is 11.2 Å². The quantitative estimate of drug-likeness (QED) is 0.323. The molecule has 0 saturated carbocycles. The molecule has 4 N–H and O–H groups in total. The Kier molecular flexibility index (Phi) is 2.44. The molecule has 2 aromatic rings. The molecule has 0 fully saturated rings. The van der Waals surface area contributed by atoms with Gasteiger partial charge in [-0.2, -0.15) is 0 Å². The predicted molar refractivity (Wildman–Crippen MR) is 63.3 cm³/mol. The summed E-state index contributed by atoms with van der Waals surface area (Å²) in [5.41, 5.74) is 6.38. The number of thiol groups is 1. The van der Waals surface area contributed by atoms with Crippen molar-refractivity contribution in [3.8, 4) is 0 Å². The van der Waals surface area contributed by atoms with Crippen LogP contribution in [0, 0.1) is 0 Å². The first-order chi connectivity index (χ1) is 6.59. The lowest BCUT2D eigenvalue weighted by atomic mass is 9.78. The van der Waals surface area contributed by atoms with Crippen molar-refractivity contribution in [1.29, 1.82) is 0 Å². The van der Waals surface area contributed by atoms with Crippen LogP contribution < -0.4 is 11.2 Å². The minimum Gasteiger partial charge on any atom is -0.423 e. The highest BCUT2D eigenvalue weighted by Crippen LogP contribution is 2.29. The molecule has 72 valence electrons. The lowest BCUT2D eigenvalue weighted by molar-refractivity contribution is 0.426. The molecule has 14 heavy (non-hydrogen) atoms. The van der Waals surface area contributed by atoms with Gasteiger partial charge in [0.15, 0.2) is 0 Å². The Morgan fingerprint density at radius 1 is 1.36 bits per heavy atom. The number of hydrogen-bond donors (Lipinski definition) is 4. The van der Waals surface area contributed by atoms with Gasteiger partial charge in [0.25, 0.3) is 0 Å². The topological polar surface area (TPSA) is 66.5 Å². The van der Waals surface area contributed by atoms with Crippen molar-refractivity contribution < 1.29 is 10.0 Å². The highest BCUT2D eigenvalue weighted by atomic mass is 32.1. The summed E-state index contributed by atoms with van der Waals surface area (Å²) in [4.78, 5) is 0.826. The zero-order valence-electron chi connectivity index (χ0n) is 7.14. The molecule has 6 heteroatoms. The summed E-state index contributed by atoms with van der Waals surface area (Å²) in [5, 5.41) is 20.9. The highest BCUT2D eigenvalue weighted by Gasteiger charge is 2.16. The van der Waals surface area contributed by atoms with Crippen LogP contribution in [0.5, 0.6) is 0 Å². The molecule has 0 aliphatic rings. The van der Waals surface area contributed by atoms with Crippen molar-refractivity contribution in [2.45, 2.75) is 4.90 Å². The van der Waals surface area contributed by atoms with Crippen LogP contribution in [0.1, 0.15) is 0 Å². The zero-order chi connectivity index (χ0) is 10.3. The Hall–Kier alpha value is -0.685. The van der Waals surface area contributed by atoms with E-state index in [1.807, 2.05) is 5.38 Å². The SMILES string of the molecule is Nc1cc2scc(S)c2cc1B(O)O. The van der Waals surface area contributed by atoms with Gasteiger partial charge in [0.1, 0.15) is 0 Å². The number of anilines is 1. The Labute approximate surface area is 90.7 Å². The molecule has 0 saturated heterocycles. The summed E-state index contributed by atoms with van der Waals surface area (Å²) in [6, 6.07) is 3.39. The molecule has 0 unspecified atom stereocenters. The average molecular weight is 225 g/mol. The minimum absolute atomic E-state index is 0.325. The first kappa shape index (κ1) is 9.85. The maximum atomic E-state index is 9.05. The Morgan fingerprint density at radius 3 is 2.71 bits per heavy atom. The van der Waals surface area contributed by atoms with Crippen LogP contribution in [0.25, 0.3) is 10.1 Å². The monoisotopic (exact) mass is 225 g/mol. The third-order valence-electron chi connectivity index (χ3n) is 2.04. The molecular formula is C8H8BNO2S2. The average Bonchev–Trinajstić information content (AvgIpc) is 2.46. The zero-order valence-corrected chi connectivity index (χ0v) is 8.85. The molecule has 0 bridgehead atoms. The van der Waals surface area contributed by atoms with Gasteiger partial charge in [0, 0.05) is 31.5 Å². The van der Waals surface area contributed by atoms with E-state index >= 15 is 0 Å². The van der Waals surface area contributed by atoms with Crippen LogP contribution in [-0.4, -0.2) is 17.2 Å². The van der Waals surface area contributed by atoms with Crippen molar-refractivity contribution in [2.24, 2.45) is 0 Å². The summed E-state index contributed by atoms with van der Waals surface area (Å²) in [6.07, 6.45) is 0. The number of fused-ring (bicyclic) bond motifs is 1. The minimum atomic E-state index is -1.54. The number of nitrogens with two attached hydrogens (primary N) is 1. The van der Waals surface area contributed by atoms with E-state index in [-0.39, 0.29) is 0 Å². The fourth-order valence-corrected chi connectivity index (χ4v) is 2.59. The highest BCUT2D eigenvalue weighted by molar-refractivity contribution is 7.80. The van der Waals surface area contributed by atoms with Gasteiger partial charge < -0.3 is 15.8 Å². The van der Waals surface area contributed by atoms with Gasteiger partial charge in [-0.1, -0.05) is 6.07 Å². The molecule has 1 heterocycles. The van der Waals surface area contributed by atoms with Crippen molar-refractivity contribution in [3.63, 3.8) is 0 Å². The van der Waals surface area contributed by atoms with Crippen molar-refractivity contribution in [3.05, 3.63) is 17.5 Å². The van der Waals surface area contributed by atoms with Crippen LogP contribution in [0.4, 0.5) is 5.69 Å². The number of benzene rings is 1. The van der Waals surface area contributed by atoms with Crippen LogP contribution in [0.2, 0.25) is 0 Å². The molecule has 3 nitrogen and oxygen atoms in total. The van der Waals surface area contributed by atoms with E-state index in [9.17, 15) is 0 Å². The van der Waals surface area contributed by atoms with E-state index in [1.165, 1.54) is 11.3 Å². The maximum absolute atomic E-state index is 9.05.